The van der Waals surface area contributed by atoms with Crippen LogP contribution in [-0.2, 0) is 10.3 Å². The van der Waals surface area contributed by atoms with Gasteiger partial charge in [-0.25, -0.2) is 4.39 Å². The Morgan fingerprint density at radius 2 is 1.86 bits per heavy atom. The number of thiophene rings is 1. The molecule has 37 heavy (non-hydrogen) atoms. The van der Waals surface area contributed by atoms with E-state index in [0.717, 1.165) is 18.8 Å². The standard InChI is InChI=1S/C27H28FN5O3S/c1-27(2,18-5-4-6-19(28)15-18)29-24(34)22-16-21-23(30-31-25(21)37-22)32(3)26(35)17-7-9-20(10-8-17)33-11-13-36-14-12-33/h4-10,15-16H,11-14H2,1-3H3,(H,29,34)(H,30,31). The van der Waals surface area contributed by atoms with Crippen LogP contribution in [-0.4, -0.2) is 55.4 Å². The van der Waals surface area contributed by atoms with Crippen molar-refractivity contribution in [1.82, 2.24) is 15.5 Å². The number of amides is 2. The number of nitrogens with zero attached hydrogens (tertiary/aromatic N) is 3. The van der Waals surface area contributed by atoms with Gasteiger partial charge in [0.25, 0.3) is 11.8 Å². The molecule has 2 amide bonds. The SMILES string of the molecule is CN(C(=O)c1ccc(N2CCOCC2)cc1)c1[nH]nc2sc(C(=O)NC(C)(C)c3cccc(F)c3)cc12. The van der Waals surface area contributed by atoms with Gasteiger partial charge in [0.2, 0.25) is 0 Å². The summed E-state index contributed by atoms with van der Waals surface area (Å²) in [6.45, 7) is 6.69. The van der Waals surface area contributed by atoms with E-state index in [1.807, 2.05) is 38.1 Å². The molecular formula is C27H28FN5O3S. The van der Waals surface area contributed by atoms with E-state index in [0.29, 0.717) is 45.3 Å². The van der Waals surface area contributed by atoms with Gasteiger partial charge >= 0.3 is 0 Å². The number of carbonyl (C=O) groups is 2. The Kier molecular flexibility index (Phi) is 6.70. The minimum Gasteiger partial charge on any atom is -0.378 e. The van der Waals surface area contributed by atoms with Gasteiger partial charge in [-0.05, 0) is 61.9 Å². The van der Waals surface area contributed by atoms with Crippen molar-refractivity contribution in [1.29, 1.82) is 0 Å². The van der Waals surface area contributed by atoms with Crippen LogP contribution < -0.4 is 15.1 Å². The molecule has 4 aromatic rings. The molecule has 0 radical (unpaired) electrons. The van der Waals surface area contributed by atoms with Crippen LogP contribution in [0.25, 0.3) is 10.2 Å². The van der Waals surface area contributed by atoms with E-state index in [-0.39, 0.29) is 17.6 Å². The molecular weight excluding hydrogens is 493 g/mol. The normalized spacial score (nSPS) is 14.1. The first-order valence-corrected chi connectivity index (χ1v) is 12.8. The molecule has 0 bridgehead atoms. The number of fused-ring (bicyclic) bond motifs is 1. The molecule has 5 rings (SSSR count). The summed E-state index contributed by atoms with van der Waals surface area (Å²) in [5.41, 5.74) is 1.48. The van der Waals surface area contributed by atoms with Crippen molar-refractivity contribution >= 4 is 44.9 Å². The molecule has 8 nitrogen and oxygen atoms in total. The van der Waals surface area contributed by atoms with Gasteiger partial charge in [0.15, 0.2) is 0 Å². The maximum atomic E-state index is 13.7. The summed E-state index contributed by atoms with van der Waals surface area (Å²) in [4.78, 5) is 31.1. The van der Waals surface area contributed by atoms with Crippen LogP contribution in [0.5, 0.6) is 0 Å². The molecule has 1 fully saturated rings. The van der Waals surface area contributed by atoms with Crippen LogP contribution >= 0.6 is 11.3 Å². The molecule has 1 aliphatic rings. The molecule has 2 N–H and O–H groups in total. The lowest BCUT2D eigenvalue weighted by Gasteiger charge is -2.29. The molecule has 10 heteroatoms. The molecule has 0 unspecified atom stereocenters. The number of morpholine rings is 1. The third kappa shape index (κ3) is 5.07. The summed E-state index contributed by atoms with van der Waals surface area (Å²) >= 11 is 1.23. The summed E-state index contributed by atoms with van der Waals surface area (Å²) in [6, 6.07) is 15.4. The van der Waals surface area contributed by atoms with Crippen molar-refractivity contribution in [2.45, 2.75) is 19.4 Å². The highest BCUT2D eigenvalue weighted by molar-refractivity contribution is 7.20. The summed E-state index contributed by atoms with van der Waals surface area (Å²) < 4.78 is 19.1. The lowest BCUT2D eigenvalue weighted by atomic mass is 9.94. The van der Waals surface area contributed by atoms with E-state index < -0.39 is 5.54 Å². The molecule has 3 heterocycles. The van der Waals surface area contributed by atoms with Crippen molar-refractivity contribution < 1.29 is 18.7 Å². The summed E-state index contributed by atoms with van der Waals surface area (Å²) in [6.07, 6.45) is 0. The monoisotopic (exact) mass is 521 g/mol. The number of H-pyrrole nitrogens is 1. The first-order chi connectivity index (χ1) is 17.7. The lowest BCUT2D eigenvalue weighted by molar-refractivity contribution is 0.0915. The lowest BCUT2D eigenvalue weighted by Crippen LogP contribution is -2.40. The highest BCUT2D eigenvalue weighted by atomic mass is 32.1. The zero-order chi connectivity index (χ0) is 26.2. The van der Waals surface area contributed by atoms with E-state index in [9.17, 15) is 14.0 Å². The van der Waals surface area contributed by atoms with Gasteiger partial charge in [-0.3, -0.25) is 19.6 Å². The third-order valence-corrected chi connectivity index (χ3v) is 7.59. The van der Waals surface area contributed by atoms with Gasteiger partial charge in [0.1, 0.15) is 16.5 Å². The number of hydrogen-bond donors (Lipinski definition) is 2. The number of aromatic nitrogens is 2. The van der Waals surface area contributed by atoms with Gasteiger partial charge in [0, 0.05) is 31.4 Å². The number of benzene rings is 2. The van der Waals surface area contributed by atoms with Gasteiger partial charge in [-0.1, -0.05) is 12.1 Å². The second-order valence-corrected chi connectivity index (χ2v) is 10.5. The van der Waals surface area contributed by atoms with Gasteiger partial charge < -0.3 is 15.0 Å². The predicted molar refractivity (Wildman–Crippen MR) is 143 cm³/mol. The summed E-state index contributed by atoms with van der Waals surface area (Å²) in [7, 11) is 1.68. The first kappa shape index (κ1) is 24.9. The maximum Gasteiger partial charge on any atom is 0.262 e. The average molecular weight is 522 g/mol. The highest BCUT2D eigenvalue weighted by Gasteiger charge is 2.26. The number of anilines is 2. The second-order valence-electron chi connectivity index (χ2n) is 9.50. The number of carbonyl (C=O) groups excluding carboxylic acids is 2. The molecule has 1 saturated heterocycles. The fourth-order valence-corrected chi connectivity index (χ4v) is 5.28. The number of hydrogen-bond acceptors (Lipinski definition) is 6. The zero-order valence-corrected chi connectivity index (χ0v) is 21.7. The minimum absolute atomic E-state index is 0.191. The Morgan fingerprint density at radius 1 is 1.14 bits per heavy atom. The Hall–Kier alpha value is -3.76. The maximum absolute atomic E-state index is 13.7. The van der Waals surface area contributed by atoms with Crippen LogP contribution in [0.15, 0.2) is 54.6 Å². The van der Waals surface area contributed by atoms with E-state index in [4.69, 9.17) is 4.74 Å². The van der Waals surface area contributed by atoms with Crippen LogP contribution in [0.3, 0.4) is 0 Å². The molecule has 1 aliphatic heterocycles. The Labute approximate surface area is 218 Å². The van der Waals surface area contributed by atoms with Crippen molar-refractivity contribution in [3.8, 4) is 0 Å². The van der Waals surface area contributed by atoms with Gasteiger partial charge in [-0.15, -0.1) is 11.3 Å². The van der Waals surface area contributed by atoms with Crippen molar-refractivity contribution in [2.75, 3.05) is 43.2 Å². The van der Waals surface area contributed by atoms with Crippen LogP contribution in [0, 0.1) is 5.82 Å². The molecule has 0 spiro atoms. The number of aromatic amines is 1. The van der Waals surface area contributed by atoms with E-state index >= 15 is 0 Å². The van der Waals surface area contributed by atoms with Crippen LogP contribution in [0.1, 0.15) is 39.4 Å². The van der Waals surface area contributed by atoms with Crippen molar-refractivity contribution in [3.63, 3.8) is 0 Å². The summed E-state index contributed by atoms with van der Waals surface area (Å²) in [5.74, 6) is -0.334. The largest absolute Gasteiger partial charge is 0.378 e. The fourth-order valence-electron chi connectivity index (χ4n) is 4.39. The van der Waals surface area contributed by atoms with Crippen molar-refractivity contribution in [2.24, 2.45) is 0 Å². The quantitative estimate of drug-likeness (QED) is 0.389. The molecule has 0 aliphatic carbocycles. The van der Waals surface area contributed by atoms with E-state index in [1.165, 1.54) is 28.4 Å². The van der Waals surface area contributed by atoms with Crippen LogP contribution in [0.4, 0.5) is 15.9 Å². The smallest absolute Gasteiger partial charge is 0.262 e. The zero-order valence-electron chi connectivity index (χ0n) is 20.9. The Balaban J connectivity index is 1.32. The number of halogens is 1. The fraction of sp³-hybridized carbons (Fsp3) is 0.296. The van der Waals surface area contributed by atoms with Crippen molar-refractivity contribution in [3.05, 3.63) is 76.4 Å². The number of rotatable bonds is 6. The molecule has 192 valence electrons. The summed E-state index contributed by atoms with van der Waals surface area (Å²) in [5, 5.41) is 10.9. The van der Waals surface area contributed by atoms with E-state index in [2.05, 4.69) is 20.4 Å². The third-order valence-electron chi connectivity index (χ3n) is 6.56. The Bertz CT molecular complexity index is 1440. The van der Waals surface area contributed by atoms with E-state index in [1.54, 1.807) is 25.2 Å². The van der Waals surface area contributed by atoms with Gasteiger partial charge in [-0.2, -0.15) is 5.10 Å². The second kappa shape index (κ2) is 9.95. The molecule has 2 aromatic heterocycles. The molecule has 2 aromatic carbocycles. The minimum atomic E-state index is -0.782. The first-order valence-electron chi connectivity index (χ1n) is 12.0. The predicted octanol–water partition coefficient (Wildman–Crippen LogP) is 4.54. The highest BCUT2D eigenvalue weighted by Crippen LogP contribution is 2.32. The number of nitrogens with one attached hydrogen (secondary N) is 2. The molecule has 0 atom stereocenters. The molecule has 0 saturated carbocycles. The van der Waals surface area contributed by atoms with Gasteiger partial charge in [0.05, 0.1) is 29.0 Å². The average Bonchev–Trinajstić information content (AvgIpc) is 3.50. The Morgan fingerprint density at radius 3 is 2.57 bits per heavy atom. The van der Waals surface area contributed by atoms with Crippen LogP contribution in [0.2, 0.25) is 0 Å². The topological polar surface area (TPSA) is 90.6 Å². The number of ether oxygens (including phenoxy) is 1.